The summed E-state index contributed by atoms with van der Waals surface area (Å²) >= 11 is 0. The lowest BCUT2D eigenvalue weighted by atomic mass is 9.88. The first kappa shape index (κ1) is 11.2. The maximum Gasteiger partial charge on any atom is 0.333 e. The molecule has 0 heterocycles. The van der Waals surface area contributed by atoms with Gasteiger partial charge in [0.05, 0.1) is 12.7 Å². The molecule has 0 aliphatic heterocycles. The fraction of sp³-hybridized carbons (Fsp3) is 0.727. The Balaban J connectivity index is 2.24. The SMILES string of the molecule is C=C(C)C(=O)OCC1CCCC(O)C1. The van der Waals surface area contributed by atoms with E-state index in [0.29, 0.717) is 18.1 Å². The zero-order valence-electron chi connectivity index (χ0n) is 8.66. The predicted molar refractivity (Wildman–Crippen MR) is 53.7 cm³/mol. The molecule has 0 aromatic carbocycles. The summed E-state index contributed by atoms with van der Waals surface area (Å²) in [5.74, 6) is -0.00730. The maximum atomic E-state index is 11.1. The van der Waals surface area contributed by atoms with Crippen molar-refractivity contribution in [3.05, 3.63) is 12.2 Å². The summed E-state index contributed by atoms with van der Waals surface area (Å²) in [6.07, 6.45) is 3.49. The van der Waals surface area contributed by atoms with Crippen LogP contribution < -0.4 is 0 Å². The number of ether oxygens (including phenoxy) is 1. The Morgan fingerprint density at radius 1 is 1.57 bits per heavy atom. The highest BCUT2D eigenvalue weighted by Gasteiger charge is 2.21. The quantitative estimate of drug-likeness (QED) is 0.554. The molecule has 80 valence electrons. The molecule has 0 spiro atoms. The van der Waals surface area contributed by atoms with Crippen LogP contribution >= 0.6 is 0 Å². The van der Waals surface area contributed by atoms with E-state index in [1.807, 2.05) is 0 Å². The molecular weight excluding hydrogens is 180 g/mol. The minimum Gasteiger partial charge on any atom is -0.462 e. The lowest BCUT2D eigenvalue weighted by Crippen LogP contribution is -2.24. The molecule has 1 rings (SSSR count). The first-order valence-corrected chi connectivity index (χ1v) is 5.10. The summed E-state index contributed by atoms with van der Waals surface area (Å²) in [5.41, 5.74) is 0.432. The maximum absolute atomic E-state index is 11.1. The van der Waals surface area contributed by atoms with E-state index < -0.39 is 0 Å². The first-order chi connectivity index (χ1) is 6.59. The van der Waals surface area contributed by atoms with Gasteiger partial charge in [-0.1, -0.05) is 13.0 Å². The molecule has 2 atom stereocenters. The Morgan fingerprint density at radius 2 is 2.29 bits per heavy atom. The van der Waals surface area contributed by atoms with Crippen LogP contribution in [0.15, 0.2) is 12.2 Å². The highest BCUT2D eigenvalue weighted by Crippen LogP contribution is 2.24. The van der Waals surface area contributed by atoms with Crippen LogP contribution in [0.4, 0.5) is 0 Å². The first-order valence-electron chi connectivity index (χ1n) is 5.10. The van der Waals surface area contributed by atoms with E-state index in [4.69, 9.17) is 4.74 Å². The van der Waals surface area contributed by atoms with Crippen molar-refractivity contribution in [2.24, 2.45) is 5.92 Å². The highest BCUT2D eigenvalue weighted by molar-refractivity contribution is 5.86. The second-order valence-electron chi connectivity index (χ2n) is 4.07. The molecule has 1 fully saturated rings. The fourth-order valence-electron chi connectivity index (χ4n) is 1.73. The van der Waals surface area contributed by atoms with E-state index in [0.717, 1.165) is 25.7 Å². The van der Waals surface area contributed by atoms with Gasteiger partial charge in [0.25, 0.3) is 0 Å². The Morgan fingerprint density at radius 3 is 2.86 bits per heavy atom. The van der Waals surface area contributed by atoms with Crippen molar-refractivity contribution in [3.63, 3.8) is 0 Å². The van der Waals surface area contributed by atoms with Crippen LogP contribution in [0, 0.1) is 5.92 Å². The number of rotatable bonds is 3. The van der Waals surface area contributed by atoms with E-state index in [1.165, 1.54) is 0 Å². The molecule has 0 radical (unpaired) electrons. The van der Waals surface area contributed by atoms with Gasteiger partial charge < -0.3 is 9.84 Å². The van der Waals surface area contributed by atoms with Gasteiger partial charge in [0.2, 0.25) is 0 Å². The topological polar surface area (TPSA) is 46.5 Å². The van der Waals surface area contributed by atoms with Crippen molar-refractivity contribution in [3.8, 4) is 0 Å². The largest absolute Gasteiger partial charge is 0.462 e. The van der Waals surface area contributed by atoms with Gasteiger partial charge in [0.1, 0.15) is 0 Å². The third-order valence-corrected chi connectivity index (χ3v) is 2.55. The molecule has 2 unspecified atom stereocenters. The zero-order chi connectivity index (χ0) is 10.6. The van der Waals surface area contributed by atoms with Crippen LogP contribution in [-0.4, -0.2) is 23.8 Å². The Hall–Kier alpha value is -0.830. The van der Waals surface area contributed by atoms with Crippen molar-refractivity contribution >= 4 is 5.97 Å². The molecule has 1 aliphatic carbocycles. The summed E-state index contributed by atoms with van der Waals surface area (Å²) in [6.45, 7) is 5.57. The fourth-order valence-corrected chi connectivity index (χ4v) is 1.73. The molecule has 0 saturated heterocycles. The van der Waals surface area contributed by atoms with Gasteiger partial charge in [-0.2, -0.15) is 0 Å². The van der Waals surface area contributed by atoms with Gasteiger partial charge in [-0.3, -0.25) is 0 Å². The van der Waals surface area contributed by atoms with Gasteiger partial charge >= 0.3 is 5.97 Å². The Bertz CT molecular complexity index is 223. The Kier molecular flexibility index (Phi) is 4.14. The van der Waals surface area contributed by atoms with Crippen LogP contribution in [0.1, 0.15) is 32.6 Å². The summed E-state index contributed by atoms with van der Waals surface area (Å²) < 4.78 is 5.04. The molecule has 14 heavy (non-hydrogen) atoms. The molecule has 3 nitrogen and oxygen atoms in total. The molecule has 0 bridgehead atoms. The molecular formula is C11H18O3. The summed E-state index contributed by atoms with van der Waals surface area (Å²) in [6, 6.07) is 0. The number of aliphatic hydroxyl groups excluding tert-OH is 1. The van der Waals surface area contributed by atoms with E-state index in [1.54, 1.807) is 6.92 Å². The molecule has 1 N–H and O–H groups in total. The zero-order valence-corrected chi connectivity index (χ0v) is 8.66. The van der Waals surface area contributed by atoms with Gasteiger partial charge in [-0.15, -0.1) is 0 Å². The van der Waals surface area contributed by atoms with E-state index in [9.17, 15) is 9.90 Å². The van der Waals surface area contributed by atoms with Gasteiger partial charge in [-0.25, -0.2) is 4.79 Å². The number of hydrogen-bond acceptors (Lipinski definition) is 3. The standard InChI is InChI=1S/C11H18O3/c1-8(2)11(13)14-7-9-4-3-5-10(12)6-9/h9-10,12H,1,3-7H2,2H3. The minimum atomic E-state index is -0.329. The van der Waals surface area contributed by atoms with Crippen LogP contribution in [0.2, 0.25) is 0 Å². The number of hydrogen-bond donors (Lipinski definition) is 1. The summed E-state index contributed by atoms with van der Waals surface area (Å²) in [5, 5.41) is 9.40. The number of aliphatic hydroxyl groups is 1. The highest BCUT2D eigenvalue weighted by atomic mass is 16.5. The predicted octanol–water partition coefficient (Wildman–Crippen LogP) is 1.66. The molecule has 0 aromatic heterocycles. The Labute approximate surface area is 84.8 Å². The van der Waals surface area contributed by atoms with Crippen molar-refractivity contribution in [1.82, 2.24) is 0 Å². The average molecular weight is 198 g/mol. The van der Waals surface area contributed by atoms with Crippen LogP contribution in [0.5, 0.6) is 0 Å². The van der Waals surface area contributed by atoms with Crippen LogP contribution in [-0.2, 0) is 9.53 Å². The minimum absolute atomic E-state index is 0.211. The van der Waals surface area contributed by atoms with E-state index in [2.05, 4.69) is 6.58 Å². The monoisotopic (exact) mass is 198 g/mol. The number of carbonyl (C=O) groups excluding carboxylic acids is 1. The normalized spacial score (nSPS) is 27.0. The molecule has 0 amide bonds. The lowest BCUT2D eigenvalue weighted by molar-refractivity contribution is -0.141. The van der Waals surface area contributed by atoms with E-state index >= 15 is 0 Å². The summed E-state index contributed by atoms with van der Waals surface area (Å²) in [7, 11) is 0. The third-order valence-electron chi connectivity index (χ3n) is 2.55. The molecule has 3 heteroatoms. The average Bonchev–Trinajstić information content (AvgIpc) is 2.14. The van der Waals surface area contributed by atoms with Crippen molar-refractivity contribution in [1.29, 1.82) is 0 Å². The molecule has 1 aliphatic rings. The van der Waals surface area contributed by atoms with Crippen LogP contribution in [0.25, 0.3) is 0 Å². The third kappa shape index (κ3) is 3.50. The van der Waals surface area contributed by atoms with Gasteiger partial charge in [0, 0.05) is 5.57 Å². The van der Waals surface area contributed by atoms with Crippen molar-refractivity contribution < 1.29 is 14.6 Å². The number of carbonyl (C=O) groups is 1. The second-order valence-corrected chi connectivity index (χ2v) is 4.07. The van der Waals surface area contributed by atoms with Crippen molar-refractivity contribution in [2.45, 2.75) is 38.7 Å². The summed E-state index contributed by atoms with van der Waals surface area (Å²) in [4.78, 5) is 11.1. The van der Waals surface area contributed by atoms with Crippen LogP contribution in [0.3, 0.4) is 0 Å². The number of esters is 1. The van der Waals surface area contributed by atoms with Gasteiger partial charge in [-0.05, 0) is 32.1 Å². The van der Waals surface area contributed by atoms with Gasteiger partial charge in [0.15, 0.2) is 0 Å². The lowest BCUT2D eigenvalue weighted by Gasteiger charge is -2.25. The second kappa shape index (κ2) is 5.15. The molecule has 1 saturated carbocycles. The molecule has 0 aromatic rings. The van der Waals surface area contributed by atoms with E-state index in [-0.39, 0.29) is 12.1 Å². The smallest absolute Gasteiger partial charge is 0.333 e. The van der Waals surface area contributed by atoms with Crippen molar-refractivity contribution in [2.75, 3.05) is 6.61 Å².